The van der Waals surface area contributed by atoms with Crippen LogP contribution in [0.2, 0.25) is 0 Å². The average Bonchev–Trinajstić information content (AvgIpc) is 2.18. The van der Waals surface area contributed by atoms with Crippen LogP contribution in [0.15, 0.2) is 55.8 Å². The maximum absolute atomic E-state index is 3.95. The van der Waals surface area contributed by atoms with Crippen molar-refractivity contribution in [2.45, 2.75) is 6.92 Å². The first-order valence-corrected chi connectivity index (χ1v) is 4.48. The lowest BCUT2D eigenvalue weighted by molar-refractivity contribution is 1.14. The van der Waals surface area contributed by atoms with Gasteiger partial charge in [0.05, 0.1) is 0 Å². The predicted octanol–water partition coefficient (Wildman–Crippen LogP) is 3.26. The van der Waals surface area contributed by atoms with Crippen LogP contribution in [-0.4, -0.2) is 0 Å². The van der Waals surface area contributed by atoms with Crippen molar-refractivity contribution in [3.8, 4) is 0 Å². The molecule has 1 aromatic rings. The van der Waals surface area contributed by atoms with Gasteiger partial charge in [0, 0.05) is 17.0 Å². The fourth-order valence-electron chi connectivity index (χ4n) is 1.22. The van der Waals surface area contributed by atoms with Crippen LogP contribution in [0.1, 0.15) is 11.1 Å². The van der Waals surface area contributed by atoms with E-state index in [1.54, 1.807) is 6.08 Å². The molecular formula is C13H15N. The van der Waals surface area contributed by atoms with E-state index in [0.29, 0.717) is 0 Å². The zero-order valence-electron chi connectivity index (χ0n) is 8.51. The molecule has 1 nitrogen and oxygen atoms in total. The van der Waals surface area contributed by atoms with Gasteiger partial charge in [0.25, 0.3) is 0 Å². The van der Waals surface area contributed by atoms with E-state index in [0.717, 1.165) is 17.0 Å². The first-order chi connectivity index (χ1) is 6.65. The molecule has 1 heteroatoms. The Morgan fingerprint density at radius 1 is 1.29 bits per heavy atom. The molecule has 0 spiro atoms. The van der Waals surface area contributed by atoms with E-state index < -0.39 is 0 Å². The molecule has 0 fully saturated rings. The summed E-state index contributed by atoms with van der Waals surface area (Å²) in [6.07, 6.45) is 1.67. The minimum Gasteiger partial charge on any atom is -0.356 e. The average molecular weight is 185 g/mol. The van der Waals surface area contributed by atoms with Crippen molar-refractivity contribution in [2.75, 3.05) is 0 Å². The van der Waals surface area contributed by atoms with Crippen LogP contribution in [0.5, 0.6) is 0 Å². The molecule has 0 atom stereocenters. The third kappa shape index (κ3) is 2.36. The van der Waals surface area contributed by atoms with Gasteiger partial charge >= 0.3 is 0 Å². The summed E-state index contributed by atoms with van der Waals surface area (Å²) in [4.78, 5) is 0. The van der Waals surface area contributed by atoms with Crippen LogP contribution in [0, 0.1) is 6.92 Å². The topological polar surface area (TPSA) is 12.0 Å². The number of hydrogen-bond donors (Lipinski definition) is 1. The Balaban J connectivity index is 2.85. The second-order valence-electron chi connectivity index (χ2n) is 3.15. The van der Waals surface area contributed by atoms with Crippen LogP contribution >= 0.6 is 0 Å². The molecule has 14 heavy (non-hydrogen) atoms. The van der Waals surface area contributed by atoms with Crippen molar-refractivity contribution >= 4 is 5.70 Å². The van der Waals surface area contributed by atoms with E-state index >= 15 is 0 Å². The lowest BCUT2D eigenvalue weighted by atomic mass is 10.1. The molecule has 0 aliphatic heterocycles. The molecular weight excluding hydrogens is 170 g/mol. The molecule has 0 unspecified atom stereocenters. The summed E-state index contributed by atoms with van der Waals surface area (Å²) in [6.45, 7) is 13.4. The number of benzene rings is 1. The number of aryl methyl sites for hydroxylation is 1. The highest BCUT2D eigenvalue weighted by molar-refractivity contribution is 5.66. The first kappa shape index (κ1) is 10.3. The molecule has 0 aromatic heterocycles. The lowest BCUT2D eigenvalue weighted by Gasteiger charge is -2.11. The Kier molecular flexibility index (Phi) is 3.29. The van der Waals surface area contributed by atoms with Crippen molar-refractivity contribution in [1.29, 1.82) is 0 Å². The number of hydrogen-bond acceptors (Lipinski definition) is 1. The monoisotopic (exact) mass is 185 g/mol. The Labute approximate surface area is 85.5 Å². The second kappa shape index (κ2) is 4.47. The maximum atomic E-state index is 3.95. The summed E-state index contributed by atoms with van der Waals surface area (Å²) in [5, 5.41) is 3.08. The Bertz CT molecular complexity index is 375. The minimum absolute atomic E-state index is 0.762. The van der Waals surface area contributed by atoms with Crippen molar-refractivity contribution in [3.63, 3.8) is 0 Å². The standard InChI is InChI=1S/C13H15N/c1-5-11(3)14-12(4)13-9-7-6-8-10(13)2/h5-9,14H,1,3-4H2,2H3. The second-order valence-corrected chi connectivity index (χ2v) is 3.15. The van der Waals surface area contributed by atoms with Crippen molar-refractivity contribution in [3.05, 3.63) is 66.9 Å². The van der Waals surface area contributed by atoms with Gasteiger partial charge in [-0.3, -0.25) is 0 Å². The summed E-state index contributed by atoms with van der Waals surface area (Å²) >= 11 is 0. The molecule has 1 N–H and O–H groups in total. The van der Waals surface area contributed by atoms with Gasteiger partial charge in [-0.05, 0) is 18.6 Å². The van der Waals surface area contributed by atoms with E-state index in [4.69, 9.17) is 0 Å². The summed E-state index contributed by atoms with van der Waals surface area (Å²) in [6, 6.07) is 8.08. The van der Waals surface area contributed by atoms with Gasteiger partial charge in [-0.2, -0.15) is 0 Å². The quantitative estimate of drug-likeness (QED) is 0.710. The smallest absolute Gasteiger partial charge is 0.0387 e. The third-order valence-electron chi connectivity index (χ3n) is 2.03. The summed E-state index contributed by atoms with van der Waals surface area (Å²) in [7, 11) is 0. The Morgan fingerprint density at radius 3 is 2.50 bits per heavy atom. The third-order valence-corrected chi connectivity index (χ3v) is 2.03. The molecule has 0 aliphatic rings. The molecule has 1 rings (SSSR count). The summed E-state index contributed by atoms with van der Waals surface area (Å²) in [5.41, 5.74) is 3.92. The van der Waals surface area contributed by atoms with E-state index in [9.17, 15) is 0 Å². The molecule has 0 radical (unpaired) electrons. The van der Waals surface area contributed by atoms with Gasteiger partial charge in [-0.15, -0.1) is 0 Å². The minimum atomic E-state index is 0.762. The SMILES string of the molecule is C=CC(=C)NC(=C)c1ccccc1C. The Morgan fingerprint density at radius 2 is 1.93 bits per heavy atom. The highest BCUT2D eigenvalue weighted by atomic mass is 14.9. The highest BCUT2D eigenvalue weighted by Crippen LogP contribution is 2.15. The number of rotatable bonds is 4. The molecule has 0 aliphatic carbocycles. The van der Waals surface area contributed by atoms with Crippen LogP contribution in [0.25, 0.3) is 5.70 Å². The van der Waals surface area contributed by atoms with Gasteiger partial charge in [0.2, 0.25) is 0 Å². The zero-order chi connectivity index (χ0) is 10.6. The summed E-state index contributed by atoms with van der Waals surface area (Å²) < 4.78 is 0. The van der Waals surface area contributed by atoms with Crippen molar-refractivity contribution in [2.24, 2.45) is 0 Å². The van der Waals surface area contributed by atoms with Crippen LogP contribution in [0.3, 0.4) is 0 Å². The molecule has 0 amide bonds. The fourth-order valence-corrected chi connectivity index (χ4v) is 1.22. The molecule has 72 valence electrons. The van der Waals surface area contributed by atoms with Gasteiger partial charge in [0.15, 0.2) is 0 Å². The van der Waals surface area contributed by atoms with Crippen molar-refractivity contribution in [1.82, 2.24) is 5.32 Å². The van der Waals surface area contributed by atoms with Crippen LogP contribution < -0.4 is 5.32 Å². The van der Waals surface area contributed by atoms with Gasteiger partial charge in [-0.1, -0.05) is 44.0 Å². The number of nitrogens with one attached hydrogen (secondary N) is 1. The summed E-state index contributed by atoms with van der Waals surface area (Å²) in [5.74, 6) is 0. The van der Waals surface area contributed by atoms with E-state index in [2.05, 4.69) is 38.0 Å². The highest BCUT2D eigenvalue weighted by Gasteiger charge is 2.00. The first-order valence-electron chi connectivity index (χ1n) is 4.48. The van der Waals surface area contributed by atoms with Crippen LogP contribution in [0.4, 0.5) is 0 Å². The van der Waals surface area contributed by atoms with E-state index in [-0.39, 0.29) is 0 Å². The van der Waals surface area contributed by atoms with E-state index in [1.165, 1.54) is 5.56 Å². The molecule has 0 heterocycles. The maximum Gasteiger partial charge on any atom is 0.0387 e. The molecule has 1 aromatic carbocycles. The molecule has 0 bridgehead atoms. The van der Waals surface area contributed by atoms with Gasteiger partial charge < -0.3 is 5.32 Å². The molecule has 0 saturated heterocycles. The Hall–Kier alpha value is -1.76. The largest absolute Gasteiger partial charge is 0.356 e. The van der Waals surface area contributed by atoms with Crippen molar-refractivity contribution < 1.29 is 0 Å². The molecule has 0 saturated carbocycles. The predicted molar refractivity (Wildman–Crippen MR) is 62.7 cm³/mol. The zero-order valence-corrected chi connectivity index (χ0v) is 8.51. The van der Waals surface area contributed by atoms with E-state index in [1.807, 2.05) is 18.2 Å². The lowest BCUT2D eigenvalue weighted by Crippen LogP contribution is -2.08. The van der Waals surface area contributed by atoms with Crippen LogP contribution in [-0.2, 0) is 0 Å². The fraction of sp³-hybridized carbons (Fsp3) is 0.0769. The number of allylic oxidation sites excluding steroid dienone is 1. The van der Waals surface area contributed by atoms with Gasteiger partial charge in [-0.25, -0.2) is 0 Å². The van der Waals surface area contributed by atoms with Gasteiger partial charge in [0.1, 0.15) is 0 Å². The normalized spacial score (nSPS) is 9.21.